The van der Waals surface area contributed by atoms with Crippen LogP contribution in [0.1, 0.15) is 7.79 Å². The minimum absolute atomic E-state index is 0.0839. The number of hydrogen-bond acceptors (Lipinski definition) is 6. The molecule has 1 amide bonds. The molecule has 1 aromatic rings. The molecule has 12 heteroatoms. The van der Waals surface area contributed by atoms with Crippen molar-refractivity contribution in [1.29, 1.82) is 0 Å². The molecule has 24 heavy (non-hydrogen) atoms. The molecule has 2 heterocycles. The number of aromatic nitrogens is 1. The second-order valence-electron chi connectivity index (χ2n) is 5.09. The number of sulfonamides is 1. The van der Waals surface area contributed by atoms with Gasteiger partial charge in [0.05, 0.1) is 7.39 Å². The Bertz CT molecular complexity index is 791. The zero-order valence-corrected chi connectivity index (χ0v) is 13.2. The number of carbonyl (C=O) groups excluding carboxylic acids is 1. The van der Waals surface area contributed by atoms with Gasteiger partial charge in [-0.1, -0.05) is 0 Å². The number of rotatable bonds is 4. The van der Waals surface area contributed by atoms with Crippen LogP contribution in [-0.2, 0) is 19.6 Å². The summed E-state index contributed by atoms with van der Waals surface area (Å²) in [7, 11) is -3.28. The lowest BCUT2D eigenvalue weighted by Gasteiger charge is -2.29. The summed E-state index contributed by atoms with van der Waals surface area (Å²) in [6, 6.07) is -0.187. The van der Waals surface area contributed by atoms with E-state index in [-0.39, 0.29) is 5.69 Å². The summed E-state index contributed by atoms with van der Waals surface area (Å²) in [6.07, 6.45) is -4.71. The molecule has 8 nitrogen and oxygen atoms in total. The van der Waals surface area contributed by atoms with E-state index in [0.29, 0.717) is 0 Å². The zero-order chi connectivity index (χ0) is 19.1. The summed E-state index contributed by atoms with van der Waals surface area (Å²) >= 11 is 0. The molecule has 0 radical (unpaired) electrons. The predicted octanol–water partition coefficient (Wildman–Crippen LogP) is -0.0231. The molecule has 1 aliphatic heterocycles. The fourth-order valence-electron chi connectivity index (χ4n) is 2.13. The molecule has 1 aromatic heterocycles. The van der Waals surface area contributed by atoms with Gasteiger partial charge in [0.1, 0.15) is 0 Å². The SMILES string of the molecule is [2H]C1(C(=O)Nc2ccnc(S(N)(=O)=O)c2)CC(OC)(C(F)(F)F)CN1. The van der Waals surface area contributed by atoms with Crippen LogP contribution in [0.2, 0.25) is 0 Å². The van der Waals surface area contributed by atoms with E-state index < -0.39 is 51.7 Å². The minimum atomic E-state index is -4.78. The van der Waals surface area contributed by atoms with Crippen molar-refractivity contribution in [2.75, 3.05) is 19.0 Å². The average Bonchev–Trinajstić information content (AvgIpc) is 2.87. The van der Waals surface area contributed by atoms with Gasteiger partial charge >= 0.3 is 6.18 Å². The fourth-order valence-corrected chi connectivity index (χ4v) is 2.63. The summed E-state index contributed by atoms with van der Waals surface area (Å²) in [5, 5.41) is 8.75. The van der Waals surface area contributed by atoms with Crippen LogP contribution >= 0.6 is 0 Å². The number of alkyl halides is 3. The van der Waals surface area contributed by atoms with Gasteiger partial charge < -0.3 is 15.4 Å². The maximum absolute atomic E-state index is 13.2. The third-order valence-corrected chi connectivity index (χ3v) is 4.32. The second kappa shape index (κ2) is 6.27. The number of nitrogens with one attached hydrogen (secondary N) is 2. The van der Waals surface area contributed by atoms with Crippen molar-refractivity contribution in [2.45, 2.75) is 29.2 Å². The van der Waals surface area contributed by atoms with E-state index in [0.717, 1.165) is 19.4 Å². The number of anilines is 1. The van der Waals surface area contributed by atoms with Crippen LogP contribution in [0.3, 0.4) is 0 Å². The van der Waals surface area contributed by atoms with E-state index >= 15 is 0 Å². The van der Waals surface area contributed by atoms with E-state index in [9.17, 15) is 26.4 Å². The number of ether oxygens (including phenoxy) is 1. The Morgan fingerprint density at radius 1 is 1.62 bits per heavy atom. The van der Waals surface area contributed by atoms with E-state index in [4.69, 9.17) is 6.51 Å². The lowest BCUT2D eigenvalue weighted by Crippen LogP contribution is -2.48. The van der Waals surface area contributed by atoms with E-state index in [1.165, 1.54) is 6.07 Å². The Kier molecular flexibility index (Phi) is 4.46. The Balaban J connectivity index is 2.22. The number of primary sulfonamides is 1. The van der Waals surface area contributed by atoms with E-state index in [2.05, 4.69) is 20.4 Å². The number of amides is 1. The first-order chi connectivity index (χ1) is 11.3. The molecule has 0 spiro atoms. The largest absolute Gasteiger partial charge is 0.418 e. The maximum atomic E-state index is 13.2. The van der Waals surface area contributed by atoms with Crippen LogP contribution in [-0.4, -0.2) is 50.8 Å². The third-order valence-electron chi connectivity index (χ3n) is 3.52. The fraction of sp³-hybridized carbons (Fsp3) is 0.500. The summed E-state index contributed by atoms with van der Waals surface area (Å²) < 4.78 is 74.5. The zero-order valence-electron chi connectivity index (χ0n) is 13.3. The second-order valence-corrected chi connectivity index (χ2v) is 6.60. The summed E-state index contributed by atoms with van der Waals surface area (Å²) in [6.45, 7) is -0.775. The normalized spacial score (nSPS) is 28.5. The molecular formula is C12H15F3N4O4S. The lowest BCUT2D eigenvalue weighted by molar-refractivity contribution is -0.261. The van der Waals surface area contributed by atoms with Crippen LogP contribution < -0.4 is 15.8 Å². The van der Waals surface area contributed by atoms with Crippen LogP contribution in [0.25, 0.3) is 0 Å². The molecule has 4 N–H and O–H groups in total. The molecule has 0 aromatic carbocycles. The van der Waals surface area contributed by atoms with Gasteiger partial charge in [0.15, 0.2) is 10.6 Å². The highest BCUT2D eigenvalue weighted by Gasteiger charge is 2.60. The minimum Gasteiger partial charge on any atom is -0.367 e. The van der Waals surface area contributed by atoms with Crippen molar-refractivity contribution < 1.29 is 32.5 Å². The van der Waals surface area contributed by atoms with Crippen LogP contribution in [0, 0.1) is 0 Å². The summed E-state index contributed by atoms with van der Waals surface area (Å²) in [4.78, 5) is 15.7. The summed E-state index contributed by atoms with van der Waals surface area (Å²) in [5.41, 5.74) is -2.75. The van der Waals surface area contributed by atoms with Gasteiger partial charge in [-0.2, -0.15) is 13.2 Å². The molecule has 1 saturated heterocycles. The first kappa shape index (κ1) is 17.1. The van der Waals surface area contributed by atoms with Gasteiger partial charge in [0.2, 0.25) is 5.91 Å². The third kappa shape index (κ3) is 3.66. The molecule has 2 atom stereocenters. The molecule has 1 aliphatic rings. The number of carbonyl (C=O) groups is 1. The highest BCUT2D eigenvalue weighted by atomic mass is 32.2. The Morgan fingerprint density at radius 2 is 2.29 bits per heavy atom. The van der Waals surface area contributed by atoms with Crippen molar-refractivity contribution in [1.82, 2.24) is 10.3 Å². The highest BCUT2D eigenvalue weighted by Crippen LogP contribution is 2.39. The average molecular weight is 369 g/mol. The van der Waals surface area contributed by atoms with Gasteiger partial charge in [0, 0.05) is 38.0 Å². The summed E-state index contributed by atoms with van der Waals surface area (Å²) in [5.74, 6) is -1.11. The van der Waals surface area contributed by atoms with Crippen LogP contribution in [0.15, 0.2) is 23.4 Å². The van der Waals surface area contributed by atoms with Crippen molar-refractivity contribution in [3.63, 3.8) is 0 Å². The number of halogens is 3. The number of nitrogens with two attached hydrogens (primary N) is 1. The van der Waals surface area contributed by atoms with Crippen molar-refractivity contribution in [3.8, 4) is 0 Å². The first-order valence-corrected chi connectivity index (χ1v) is 8.05. The van der Waals surface area contributed by atoms with Gasteiger partial charge in [-0.25, -0.2) is 18.5 Å². The molecular weight excluding hydrogens is 353 g/mol. The quantitative estimate of drug-likeness (QED) is 0.685. The number of pyridine rings is 1. The van der Waals surface area contributed by atoms with Crippen molar-refractivity contribution >= 4 is 21.6 Å². The monoisotopic (exact) mass is 369 g/mol. The number of hydrogen-bond donors (Lipinski definition) is 3. The molecule has 0 aliphatic carbocycles. The molecule has 2 unspecified atom stereocenters. The van der Waals surface area contributed by atoms with Gasteiger partial charge in [-0.3, -0.25) is 4.79 Å². The van der Waals surface area contributed by atoms with Gasteiger partial charge in [-0.05, 0) is 6.07 Å². The first-order valence-electron chi connectivity index (χ1n) is 7.00. The molecule has 2 rings (SSSR count). The van der Waals surface area contributed by atoms with Gasteiger partial charge in [0.25, 0.3) is 10.0 Å². The Morgan fingerprint density at radius 3 is 2.79 bits per heavy atom. The molecule has 0 saturated carbocycles. The topological polar surface area (TPSA) is 123 Å². The standard InChI is InChI=1S/C12H15F3N4O4S/c1-23-11(12(13,14)15)5-8(18-6-11)10(20)19-7-2-3-17-9(4-7)24(16,21)22/h2-4,8,18H,5-6H2,1H3,(H2,16,21,22)(H,17,19,20)/i8D. The Hall–Kier alpha value is -1.76. The van der Waals surface area contributed by atoms with Crippen LogP contribution in [0.4, 0.5) is 18.9 Å². The lowest BCUT2D eigenvalue weighted by atomic mass is 9.99. The molecule has 1 fully saturated rings. The smallest absolute Gasteiger partial charge is 0.367 e. The van der Waals surface area contributed by atoms with Crippen molar-refractivity contribution in [3.05, 3.63) is 18.3 Å². The number of methoxy groups -OCH3 is 1. The van der Waals surface area contributed by atoms with E-state index in [1.54, 1.807) is 0 Å². The Labute approximate surface area is 137 Å². The highest BCUT2D eigenvalue weighted by molar-refractivity contribution is 7.89. The maximum Gasteiger partial charge on any atom is 0.418 e. The van der Waals surface area contributed by atoms with Crippen LogP contribution in [0.5, 0.6) is 0 Å². The van der Waals surface area contributed by atoms with Crippen molar-refractivity contribution in [2.24, 2.45) is 5.14 Å². The van der Waals surface area contributed by atoms with Gasteiger partial charge in [-0.15, -0.1) is 0 Å². The van der Waals surface area contributed by atoms with E-state index in [1.807, 2.05) is 0 Å². The molecule has 0 bridgehead atoms. The number of nitrogens with zero attached hydrogens (tertiary/aromatic N) is 1. The predicted molar refractivity (Wildman–Crippen MR) is 76.4 cm³/mol. The molecule has 134 valence electrons.